The summed E-state index contributed by atoms with van der Waals surface area (Å²) in [6, 6.07) is 6.00. The summed E-state index contributed by atoms with van der Waals surface area (Å²) >= 11 is 0. The van der Waals surface area contributed by atoms with Crippen LogP contribution in [0.5, 0.6) is 0 Å². The molecule has 0 saturated carbocycles. The third-order valence-electron chi connectivity index (χ3n) is 3.38. The van der Waals surface area contributed by atoms with E-state index in [1.165, 1.54) is 16.7 Å². The van der Waals surface area contributed by atoms with E-state index in [0.717, 1.165) is 12.0 Å². The number of tetrazole rings is 1. The zero-order chi connectivity index (χ0) is 16.2. The first-order valence-corrected chi connectivity index (χ1v) is 7.22. The van der Waals surface area contributed by atoms with Gasteiger partial charge in [0.15, 0.2) is 11.6 Å². The highest BCUT2D eigenvalue weighted by Gasteiger charge is 2.15. The molecule has 3 aromatic rings. The number of hydrogen-bond acceptors (Lipinski definition) is 6. The zero-order valence-corrected chi connectivity index (χ0v) is 12.5. The van der Waals surface area contributed by atoms with Crippen molar-refractivity contribution in [3.05, 3.63) is 57.8 Å². The smallest absolute Gasteiger partial charge is 0.296 e. The van der Waals surface area contributed by atoms with Gasteiger partial charge in [0, 0.05) is 13.0 Å². The molecule has 0 radical (unpaired) electrons. The van der Waals surface area contributed by atoms with Gasteiger partial charge < -0.3 is 0 Å². The molecule has 0 N–H and O–H groups in total. The Labute approximate surface area is 130 Å². The number of aryl methyl sites for hydroxylation is 1. The van der Waals surface area contributed by atoms with E-state index in [9.17, 15) is 9.18 Å². The molecule has 0 saturated heterocycles. The lowest BCUT2D eigenvalue weighted by Gasteiger charge is -2.05. The van der Waals surface area contributed by atoms with Gasteiger partial charge in [-0.1, -0.05) is 24.2 Å². The molecule has 0 fully saturated rings. The van der Waals surface area contributed by atoms with E-state index in [2.05, 4.69) is 20.7 Å². The van der Waals surface area contributed by atoms with Crippen LogP contribution in [-0.4, -0.2) is 29.9 Å². The normalized spacial score (nSPS) is 11.0. The van der Waals surface area contributed by atoms with Crippen molar-refractivity contribution in [2.45, 2.75) is 32.9 Å². The number of hydrogen-bond donors (Lipinski definition) is 0. The molecule has 0 spiro atoms. The van der Waals surface area contributed by atoms with Gasteiger partial charge in [-0.15, -0.1) is 5.10 Å². The lowest BCUT2D eigenvalue weighted by molar-refractivity contribution is 0.374. The average Bonchev–Trinajstić information content (AvgIpc) is 3.12. The zero-order valence-electron chi connectivity index (χ0n) is 12.5. The molecule has 0 aliphatic carbocycles. The number of nitrogens with zero attached hydrogens (tertiary/aromatic N) is 6. The van der Waals surface area contributed by atoms with E-state index in [-0.39, 0.29) is 12.4 Å². The highest BCUT2D eigenvalue weighted by molar-refractivity contribution is 5.19. The fourth-order valence-electron chi connectivity index (χ4n) is 2.23. The van der Waals surface area contributed by atoms with Crippen molar-refractivity contribution in [1.82, 2.24) is 29.9 Å². The Balaban J connectivity index is 1.85. The monoisotopic (exact) mass is 318 g/mol. The van der Waals surface area contributed by atoms with Crippen LogP contribution in [0, 0.1) is 5.82 Å². The third kappa shape index (κ3) is 3.33. The van der Waals surface area contributed by atoms with E-state index < -0.39 is 5.76 Å². The summed E-state index contributed by atoms with van der Waals surface area (Å²) in [5, 5.41) is 15.2. The lowest BCUT2D eigenvalue weighted by Crippen LogP contribution is -2.21. The van der Waals surface area contributed by atoms with Crippen LogP contribution < -0.4 is 5.76 Å². The van der Waals surface area contributed by atoms with Crippen LogP contribution in [0.15, 0.2) is 33.6 Å². The summed E-state index contributed by atoms with van der Waals surface area (Å²) in [5.74, 6) is 0.100. The van der Waals surface area contributed by atoms with Gasteiger partial charge in [0.05, 0.1) is 6.54 Å². The maximum atomic E-state index is 13.0. The van der Waals surface area contributed by atoms with Crippen molar-refractivity contribution in [2.24, 2.45) is 0 Å². The summed E-state index contributed by atoms with van der Waals surface area (Å²) in [4.78, 5) is 11.9. The van der Waals surface area contributed by atoms with E-state index in [1.54, 1.807) is 16.8 Å². The van der Waals surface area contributed by atoms with Crippen molar-refractivity contribution >= 4 is 0 Å². The molecule has 8 nitrogen and oxygen atoms in total. The molecule has 0 amide bonds. The van der Waals surface area contributed by atoms with Crippen molar-refractivity contribution in [3.8, 4) is 0 Å². The SMILES string of the molecule is CCCn1nnnc1Cn1c(Cc2ccc(F)cc2)noc1=O. The molecule has 9 heteroatoms. The van der Waals surface area contributed by atoms with Crippen LogP contribution in [0.2, 0.25) is 0 Å². The summed E-state index contributed by atoms with van der Waals surface area (Å²) in [6.07, 6.45) is 1.22. The average molecular weight is 318 g/mol. The molecule has 120 valence electrons. The van der Waals surface area contributed by atoms with Gasteiger partial charge >= 0.3 is 5.76 Å². The van der Waals surface area contributed by atoms with Crippen LogP contribution >= 0.6 is 0 Å². The van der Waals surface area contributed by atoms with Crippen molar-refractivity contribution in [3.63, 3.8) is 0 Å². The minimum Gasteiger partial charge on any atom is -0.296 e. The summed E-state index contributed by atoms with van der Waals surface area (Å²) in [7, 11) is 0. The van der Waals surface area contributed by atoms with Crippen molar-refractivity contribution in [1.29, 1.82) is 0 Å². The van der Waals surface area contributed by atoms with Gasteiger partial charge in [-0.2, -0.15) is 0 Å². The van der Waals surface area contributed by atoms with Crippen LogP contribution in [0.4, 0.5) is 4.39 Å². The molecule has 0 bridgehead atoms. The van der Waals surface area contributed by atoms with Crippen LogP contribution in [0.1, 0.15) is 30.6 Å². The Morgan fingerprint density at radius 1 is 1.22 bits per heavy atom. The Hall–Kier alpha value is -2.84. The Morgan fingerprint density at radius 2 is 2.00 bits per heavy atom. The van der Waals surface area contributed by atoms with Gasteiger partial charge in [-0.3, -0.25) is 9.09 Å². The minimum atomic E-state index is -0.576. The molecule has 23 heavy (non-hydrogen) atoms. The predicted molar refractivity (Wildman–Crippen MR) is 77.2 cm³/mol. The van der Waals surface area contributed by atoms with Crippen LogP contribution in [0.25, 0.3) is 0 Å². The second kappa shape index (κ2) is 6.51. The lowest BCUT2D eigenvalue weighted by atomic mass is 10.1. The highest BCUT2D eigenvalue weighted by atomic mass is 19.1. The van der Waals surface area contributed by atoms with Crippen molar-refractivity contribution in [2.75, 3.05) is 0 Å². The predicted octanol–water partition coefficient (Wildman–Crippen LogP) is 1.01. The molecule has 1 aromatic carbocycles. The van der Waals surface area contributed by atoms with Gasteiger partial charge in [-0.05, 0) is 34.5 Å². The van der Waals surface area contributed by atoms with Gasteiger partial charge in [0.1, 0.15) is 5.82 Å². The second-order valence-electron chi connectivity index (χ2n) is 5.07. The summed E-state index contributed by atoms with van der Waals surface area (Å²) < 4.78 is 20.7. The van der Waals surface area contributed by atoms with Gasteiger partial charge in [-0.25, -0.2) is 13.9 Å². The summed E-state index contributed by atoms with van der Waals surface area (Å²) in [6.45, 7) is 2.85. The summed E-state index contributed by atoms with van der Waals surface area (Å²) in [5.41, 5.74) is 0.821. The maximum absolute atomic E-state index is 13.0. The first-order chi connectivity index (χ1) is 11.2. The van der Waals surface area contributed by atoms with E-state index in [0.29, 0.717) is 24.6 Å². The highest BCUT2D eigenvalue weighted by Crippen LogP contribution is 2.09. The van der Waals surface area contributed by atoms with Crippen LogP contribution in [-0.2, 0) is 19.5 Å². The third-order valence-corrected chi connectivity index (χ3v) is 3.38. The number of halogens is 1. The van der Waals surface area contributed by atoms with Gasteiger partial charge in [0.25, 0.3) is 0 Å². The number of rotatable bonds is 6. The number of benzene rings is 1. The maximum Gasteiger partial charge on any atom is 0.442 e. The first-order valence-electron chi connectivity index (χ1n) is 7.22. The van der Waals surface area contributed by atoms with E-state index in [1.807, 2.05) is 6.92 Å². The molecule has 2 aromatic heterocycles. The first kappa shape index (κ1) is 15.1. The number of aromatic nitrogens is 6. The molecule has 0 aliphatic heterocycles. The molecule has 0 atom stereocenters. The van der Waals surface area contributed by atoms with Gasteiger partial charge in [0.2, 0.25) is 0 Å². The second-order valence-corrected chi connectivity index (χ2v) is 5.07. The Morgan fingerprint density at radius 3 is 2.74 bits per heavy atom. The topological polar surface area (TPSA) is 91.6 Å². The van der Waals surface area contributed by atoms with E-state index in [4.69, 9.17) is 4.52 Å². The fourth-order valence-corrected chi connectivity index (χ4v) is 2.23. The quantitative estimate of drug-likeness (QED) is 0.673. The van der Waals surface area contributed by atoms with Crippen molar-refractivity contribution < 1.29 is 8.91 Å². The molecule has 0 aliphatic rings. The molecular weight excluding hydrogens is 303 g/mol. The molecule has 3 rings (SSSR count). The fraction of sp³-hybridized carbons (Fsp3) is 0.357. The van der Waals surface area contributed by atoms with Crippen LogP contribution in [0.3, 0.4) is 0 Å². The molecule has 2 heterocycles. The largest absolute Gasteiger partial charge is 0.442 e. The minimum absolute atomic E-state index is 0.172. The van der Waals surface area contributed by atoms with E-state index >= 15 is 0 Å². The Kier molecular flexibility index (Phi) is 4.26. The standard InChI is InChI=1S/C14H15FN6O2/c1-2-7-21-13(16-18-19-21)9-20-12(17-23-14(20)22)8-10-3-5-11(15)6-4-10/h3-6H,2,7-9H2,1H3. The molecule has 0 unspecified atom stereocenters. The Bertz CT molecular complexity index is 836. The molecular formula is C14H15FN6O2.